The summed E-state index contributed by atoms with van der Waals surface area (Å²) >= 11 is 0. The van der Waals surface area contributed by atoms with Gasteiger partial charge in [0.25, 0.3) is 0 Å². The van der Waals surface area contributed by atoms with E-state index in [2.05, 4.69) is 99.4 Å². The lowest BCUT2D eigenvalue weighted by molar-refractivity contribution is 0.965. The summed E-state index contributed by atoms with van der Waals surface area (Å²) in [5, 5.41) is 3.73. The van der Waals surface area contributed by atoms with E-state index in [1.807, 2.05) is 6.08 Å². The Morgan fingerprint density at radius 1 is 0.815 bits per heavy atom. The van der Waals surface area contributed by atoms with Gasteiger partial charge in [0.05, 0.1) is 6.04 Å². The molecule has 0 bridgehead atoms. The van der Waals surface area contributed by atoms with Crippen LogP contribution in [0.3, 0.4) is 0 Å². The van der Waals surface area contributed by atoms with Gasteiger partial charge in [0.2, 0.25) is 0 Å². The first-order valence-corrected chi connectivity index (χ1v) is 9.44. The minimum atomic E-state index is 0.115. The molecule has 0 fully saturated rings. The molecule has 1 N–H and O–H groups in total. The van der Waals surface area contributed by atoms with Crippen molar-refractivity contribution >= 4 is 17.3 Å². The zero-order chi connectivity index (χ0) is 19.0. The number of fused-ring (bicyclic) bond motifs is 1. The second kappa shape index (κ2) is 6.92. The predicted molar refractivity (Wildman–Crippen MR) is 117 cm³/mol. The van der Waals surface area contributed by atoms with Crippen molar-refractivity contribution < 1.29 is 0 Å². The second-order valence-corrected chi connectivity index (χ2v) is 7.45. The number of hydrogen-bond donors (Lipinski definition) is 1. The van der Waals surface area contributed by atoms with Crippen molar-refractivity contribution in [2.45, 2.75) is 26.8 Å². The SMILES string of the molecule is C=Cc1ccc(C)cc1C1C=C(c2ccc(C)cc2)c2cc(C)ccc2N1. The Hall–Kier alpha value is -3.06. The molecular weight excluding hydrogens is 326 g/mol. The highest BCUT2D eigenvalue weighted by Crippen LogP contribution is 2.40. The summed E-state index contributed by atoms with van der Waals surface area (Å²) in [5.74, 6) is 0. The average Bonchev–Trinajstić information content (AvgIpc) is 2.68. The van der Waals surface area contributed by atoms with Gasteiger partial charge in [-0.05, 0) is 61.2 Å². The molecule has 3 aromatic carbocycles. The molecule has 1 heterocycles. The summed E-state index contributed by atoms with van der Waals surface area (Å²) in [5.41, 5.74) is 11.2. The summed E-state index contributed by atoms with van der Waals surface area (Å²) < 4.78 is 0. The third-order valence-electron chi connectivity index (χ3n) is 5.27. The van der Waals surface area contributed by atoms with Crippen LogP contribution in [0, 0.1) is 20.8 Å². The van der Waals surface area contributed by atoms with Crippen LogP contribution in [0.1, 0.15) is 45.0 Å². The van der Waals surface area contributed by atoms with Crippen molar-refractivity contribution in [3.05, 3.63) is 112 Å². The lowest BCUT2D eigenvalue weighted by Crippen LogP contribution is -2.16. The lowest BCUT2D eigenvalue weighted by atomic mass is 9.87. The van der Waals surface area contributed by atoms with Crippen molar-refractivity contribution in [3.8, 4) is 0 Å². The smallest absolute Gasteiger partial charge is 0.0713 e. The van der Waals surface area contributed by atoms with Gasteiger partial charge in [-0.25, -0.2) is 0 Å². The zero-order valence-electron chi connectivity index (χ0n) is 16.2. The van der Waals surface area contributed by atoms with Gasteiger partial charge in [-0.15, -0.1) is 0 Å². The highest BCUT2D eigenvalue weighted by Gasteiger charge is 2.22. The average molecular weight is 351 g/mol. The van der Waals surface area contributed by atoms with Crippen LogP contribution in [0.4, 0.5) is 5.69 Å². The summed E-state index contributed by atoms with van der Waals surface area (Å²) in [6, 6.07) is 22.1. The third-order valence-corrected chi connectivity index (χ3v) is 5.27. The number of hydrogen-bond acceptors (Lipinski definition) is 1. The largest absolute Gasteiger partial charge is 0.374 e. The molecular formula is C26H25N. The van der Waals surface area contributed by atoms with Gasteiger partial charge in [0, 0.05) is 11.3 Å². The molecule has 0 saturated heterocycles. The van der Waals surface area contributed by atoms with Crippen LogP contribution in [-0.4, -0.2) is 0 Å². The van der Waals surface area contributed by atoms with Crippen LogP contribution in [0.2, 0.25) is 0 Å². The van der Waals surface area contributed by atoms with Gasteiger partial charge in [-0.3, -0.25) is 0 Å². The van der Waals surface area contributed by atoms with Gasteiger partial charge in [-0.1, -0.05) is 77.9 Å². The molecule has 1 aliphatic heterocycles. The van der Waals surface area contributed by atoms with Gasteiger partial charge in [0.15, 0.2) is 0 Å². The molecule has 0 saturated carbocycles. The Kier molecular flexibility index (Phi) is 4.45. The number of rotatable bonds is 3. The molecule has 0 amide bonds. The minimum Gasteiger partial charge on any atom is -0.374 e. The third kappa shape index (κ3) is 3.33. The molecule has 1 atom stereocenters. The number of nitrogens with one attached hydrogen (secondary N) is 1. The van der Waals surface area contributed by atoms with Gasteiger partial charge < -0.3 is 5.32 Å². The van der Waals surface area contributed by atoms with E-state index >= 15 is 0 Å². The standard InChI is InChI=1S/C26H25N/c1-5-20-10-8-18(3)14-23(20)26-16-22(21-11-6-17(2)7-12-21)24-15-19(4)9-13-25(24)27-26/h5-16,26-27H,1H2,2-4H3. The highest BCUT2D eigenvalue weighted by molar-refractivity contribution is 5.89. The Morgan fingerprint density at radius 2 is 1.48 bits per heavy atom. The molecule has 0 aromatic heterocycles. The molecule has 1 unspecified atom stereocenters. The van der Waals surface area contributed by atoms with E-state index < -0.39 is 0 Å². The highest BCUT2D eigenvalue weighted by atomic mass is 14.9. The molecule has 0 spiro atoms. The monoisotopic (exact) mass is 351 g/mol. The normalized spacial score (nSPS) is 15.5. The molecule has 1 heteroatoms. The first kappa shape index (κ1) is 17.4. The van der Waals surface area contributed by atoms with E-state index in [0.717, 1.165) is 0 Å². The maximum absolute atomic E-state index is 4.01. The number of anilines is 1. The van der Waals surface area contributed by atoms with Crippen molar-refractivity contribution in [2.75, 3.05) is 5.32 Å². The van der Waals surface area contributed by atoms with E-state index in [4.69, 9.17) is 0 Å². The molecule has 134 valence electrons. The Morgan fingerprint density at radius 3 is 2.22 bits per heavy atom. The van der Waals surface area contributed by atoms with Gasteiger partial charge in [-0.2, -0.15) is 0 Å². The minimum absolute atomic E-state index is 0.115. The maximum Gasteiger partial charge on any atom is 0.0713 e. The Balaban J connectivity index is 1.90. The fourth-order valence-electron chi connectivity index (χ4n) is 3.77. The van der Waals surface area contributed by atoms with E-state index in [1.54, 1.807) is 0 Å². The predicted octanol–water partition coefficient (Wildman–Crippen LogP) is 6.85. The second-order valence-electron chi connectivity index (χ2n) is 7.45. The first-order chi connectivity index (χ1) is 13.0. The van der Waals surface area contributed by atoms with E-state index in [9.17, 15) is 0 Å². The first-order valence-electron chi connectivity index (χ1n) is 9.44. The van der Waals surface area contributed by atoms with Crippen LogP contribution in [0.5, 0.6) is 0 Å². The summed E-state index contributed by atoms with van der Waals surface area (Å²) in [7, 11) is 0. The maximum atomic E-state index is 4.01. The summed E-state index contributed by atoms with van der Waals surface area (Å²) in [6.45, 7) is 10.4. The molecule has 4 rings (SSSR count). The van der Waals surface area contributed by atoms with E-state index in [-0.39, 0.29) is 6.04 Å². The fraction of sp³-hybridized carbons (Fsp3) is 0.154. The van der Waals surface area contributed by atoms with Crippen molar-refractivity contribution in [3.63, 3.8) is 0 Å². The summed E-state index contributed by atoms with van der Waals surface area (Å²) in [4.78, 5) is 0. The van der Waals surface area contributed by atoms with E-state index in [0.29, 0.717) is 0 Å². The van der Waals surface area contributed by atoms with Gasteiger partial charge >= 0.3 is 0 Å². The van der Waals surface area contributed by atoms with Crippen LogP contribution in [0.15, 0.2) is 73.3 Å². The fourth-order valence-corrected chi connectivity index (χ4v) is 3.77. The van der Waals surface area contributed by atoms with Crippen molar-refractivity contribution in [2.24, 2.45) is 0 Å². The van der Waals surface area contributed by atoms with Crippen molar-refractivity contribution in [1.82, 2.24) is 0 Å². The van der Waals surface area contributed by atoms with E-state index in [1.165, 1.54) is 50.2 Å². The molecule has 3 aromatic rings. The van der Waals surface area contributed by atoms with Crippen LogP contribution in [0.25, 0.3) is 11.6 Å². The topological polar surface area (TPSA) is 12.0 Å². The molecule has 27 heavy (non-hydrogen) atoms. The quantitative estimate of drug-likeness (QED) is 0.544. The van der Waals surface area contributed by atoms with Crippen LogP contribution >= 0.6 is 0 Å². The number of aryl methyl sites for hydroxylation is 3. The molecule has 0 aliphatic carbocycles. The van der Waals surface area contributed by atoms with Crippen LogP contribution < -0.4 is 5.32 Å². The van der Waals surface area contributed by atoms with Crippen LogP contribution in [-0.2, 0) is 0 Å². The molecule has 1 aliphatic rings. The zero-order valence-corrected chi connectivity index (χ0v) is 16.2. The molecule has 1 nitrogen and oxygen atoms in total. The lowest BCUT2D eigenvalue weighted by Gasteiger charge is -2.28. The van der Waals surface area contributed by atoms with Gasteiger partial charge in [0.1, 0.15) is 0 Å². The molecule has 0 radical (unpaired) electrons. The number of benzene rings is 3. The Labute approximate surface area is 162 Å². The summed E-state index contributed by atoms with van der Waals surface area (Å²) in [6.07, 6.45) is 4.30. The van der Waals surface area contributed by atoms with Crippen molar-refractivity contribution in [1.29, 1.82) is 0 Å². The Bertz CT molecular complexity index is 1040.